The quantitative estimate of drug-likeness (QED) is 0.709. The number of benzene rings is 1. The standard InChI is InChI=1S/C17H13ClN2O2/c1-11-3-2-4-16(20-11)19-10-13-9-15(22-17(13)21)12-5-7-14(18)8-6-12/h2-10,21H,1H3. The van der Waals surface area contributed by atoms with Crippen LogP contribution in [0.4, 0.5) is 5.82 Å². The Morgan fingerprint density at radius 2 is 1.95 bits per heavy atom. The Hall–Kier alpha value is -2.59. The van der Waals surface area contributed by atoms with Gasteiger partial charge in [-0.15, -0.1) is 0 Å². The molecule has 110 valence electrons. The van der Waals surface area contributed by atoms with Gasteiger partial charge in [0.1, 0.15) is 5.76 Å². The zero-order chi connectivity index (χ0) is 15.5. The fourth-order valence-corrected chi connectivity index (χ4v) is 2.11. The predicted molar refractivity (Wildman–Crippen MR) is 87.0 cm³/mol. The Balaban J connectivity index is 1.88. The highest BCUT2D eigenvalue weighted by molar-refractivity contribution is 6.30. The molecule has 0 aliphatic rings. The van der Waals surface area contributed by atoms with Crippen molar-refractivity contribution in [3.8, 4) is 17.3 Å². The zero-order valence-electron chi connectivity index (χ0n) is 11.8. The van der Waals surface area contributed by atoms with Crippen molar-refractivity contribution in [3.05, 3.63) is 64.8 Å². The average molecular weight is 313 g/mol. The van der Waals surface area contributed by atoms with Gasteiger partial charge in [-0.3, -0.25) is 0 Å². The second-order valence-electron chi connectivity index (χ2n) is 4.77. The Morgan fingerprint density at radius 1 is 1.18 bits per heavy atom. The summed E-state index contributed by atoms with van der Waals surface area (Å²) in [6, 6.07) is 14.5. The second-order valence-corrected chi connectivity index (χ2v) is 5.21. The number of aryl methyl sites for hydroxylation is 1. The SMILES string of the molecule is Cc1cccc(N=Cc2cc(-c3ccc(Cl)cc3)oc2O)n1. The molecule has 4 nitrogen and oxygen atoms in total. The Kier molecular flexibility index (Phi) is 3.94. The van der Waals surface area contributed by atoms with Gasteiger partial charge in [0.05, 0.1) is 5.56 Å². The number of nitrogens with zero attached hydrogens (tertiary/aromatic N) is 2. The normalized spacial score (nSPS) is 11.2. The lowest BCUT2D eigenvalue weighted by molar-refractivity contribution is 0.337. The first-order valence-electron chi connectivity index (χ1n) is 6.68. The van der Waals surface area contributed by atoms with Gasteiger partial charge in [-0.05, 0) is 49.4 Å². The summed E-state index contributed by atoms with van der Waals surface area (Å²) in [5.74, 6) is 0.947. The molecule has 0 aliphatic carbocycles. The third kappa shape index (κ3) is 3.18. The first-order chi connectivity index (χ1) is 10.6. The fraction of sp³-hybridized carbons (Fsp3) is 0.0588. The first-order valence-corrected chi connectivity index (χ1v) is 7.06. The third-order valence-corrected chi connectivity index (χ3v) is 3.33. The van der Waals surface area contributed by atoms with Crippen molar-refractivity contribution in [2.45, 2.75) is 6.92 Å². The van der Waals surface area contributed by atoms with Crippen molar-refractivity contribution in [3.63, 3.8) is 0 Å². The molecule has 1 aromatic carbocycles. The number of aliphatic imine (C=N–C) groups is 1. The fourth-order valence-electron chi connectivity index (χ4n) is 1.98. The molecule has 2 heterocycles. The molecule has 3 rings (SSSR count). The minimum Gasteiger partial charge on any atom is -0.480 e. The highest BCUT2D eigenvalue weighted by Crippen LogP contribution is 2.30. The number of hydrogen-bond acceptors (Lipinski definition) is 4. The highest BCUT2D eigenvalue weighted by atomic mass is 35.5. The van der Waals surface area contributed by atoms with Gasteiger partial charge in [-0.1, -0.05) is 17.7 Å². The topological polar surface area (TPSA) is 58.6 Å². The number of furan rings is 1. The third-order valence-electron chi connectivity index (χ3n) is 3.08. The molecular weight excluding hydrogens is 300 g/mol. The lowest BCUT2D eigenvalue weighted by Crippen LogP contribution is -1.81. The summed E-state index contributed by atoms with van der Waals surface area (Å²) in [5, 5.41) is 10.5. The van der Waals surface area contributed by atoms with Crippen LogP contribution in [0.25, 0.3) is 11.3 Å². The largest absolute Gasteiger partial charge is 0.480 e. The van der Waals surface area contributed by atoms with E-state index < -0.39 is 0 Å². The van der Waals surface area contributed by atoms with E-state index in [0.717, 1.165) is 11.3 Å². The van der Waals surface area contributed by atoms with E-state index in [0.29, 0.717) is 22.2 Å². The predicted octanol–water partition coefficient (Wildman–Crippen LogP) is 4.76. The van der Waals surface area contributed by atoms with Crippen LogP contribution < -0.4 is 0 Å². The van der Waals surface area contributed by atoms with Crippen LogP contribution in [-0.4, -0.2) is 16.3 Å². The van der Waals surface area contributed by atoms with Gasteiger partial charge in [0.15, 0.2) is 5.82 Å². The van der Waals surface area contributed by atoms with E-state index in [1.165, 1.54) is 6.21 Å². The molecule has 22 heavy (non-hydrogen) atoms. The smallest absolute Gasteiger partial charge is 0.291 e. The van der Waals surface area contributed by atoms with Gasteiger partial charge in [0, 0.05) is 22.5 Å². The van der Waals surface area contributed by atoms with E-state index in [2.05, 4.69) is 9.98 Å². The van der Waals surface area contributed by atoms with Gasteiger partial charge in [-0.25, -0.2) is 9.98 Å². The van der Waals surface area contributed by atoms with Crippen LogP contribution in [-0.2, 0) is 0 Å². The van der Waals surface area contributed by atoms with Gasteiger partial charge >= 0.3 is 0 Å². The molecule has 0 saturated carbocycles. The lowest BCUT2D eigenvalue weighted by Gasteiger charge is -1.95. The molecule has 5 heteroatoms. The number of hydrogen-bond donors (Lipinski definition) is 1. The van der Waals surface area contributed by atoms with Crippen molar-refractivity contribution in [2.24, 2.45) is 4.99 Å². The van der Waals surface area contributed by atoms with Crippen molar-refractivity contribution in [1.82, 2.24) is 4.98 Å². The molecule has 1 N–H and O–H groups in total. The van der Waals surface area contributed by atoms with Crippen LogP contribution in [0.1, 0.15) is 11.3 Å². The van der Waals surface area contributed by atoms with Crippen LogP contribution >= 0.6 is 11.6 Å². The number of aromatic hydroxyl groups is 1. The van der Waals surface area contributed by atoms with Crippen LogP contribution in [0.5, 0.6) is 5.95 Å². The monoisotopic (exact) mass is 312 g/mol. The number of pyridine rings is 1. The molecule has 0 spiro atoms. The summed E-state index contributed by atoms with van der Waals surface area (Å²) < 4.78 is 5.35. The minimum atomic E-state index is -0.179. The molecule has 2 aromatic heterocycles. The number of halogens is 1. The molecule has 0 aliphatic heterocycles. The second kappa shape index (κ2) is 6.03. The van der Waals surface area contributed by atoms with Gasteiger partial charge in [0.2, 0.25) is 0 Å². The van der Waals surface area contributed by atoms with Crippen molar-refractivity contribution >= 4 is 23.6 Å². The van der Waals surface area contributed by atoms with Gasteiger partial charge in [-0.2, -0.15) is 0 Å². The molecule has 0 atom stereocenters. The molecule has 0 amide bonds. The molecule has 3 aromatic rings. The number of aromatic nitrogens is 1. The van der Waals surface area contributed by atoms with E-state index >= 15 is 0 Å². The summed E-state index contributed by atoms with van der Waals surface area (Å²) in [5.41, 5.74) is 2.20. The minimum absolute atomic E-state index is 0.179. The van der Waals surface area contributed by atoms with Crippen molar-refractivity contribution in [2.75, 3.05) is 0 Å². The van der Waals surface area contributed by atoms with E-state index in [1.54, 1.807) is 24.3 Å². The summed E-state index contributed by atoms with van der Waals surface area (Å²) in [7, 11) is 0. The van der Waals surface area contributed by atoms with Crippen LogP contribution in [0, 0.1) is 6.92 Å². The molecule has 0 fully saturated rings. The average Bonchev–Trinajstić information content (AvgIpc) is 2.87. The Bertz CT molecular complexity index is 823. The molecule has 0 bridgehead atoms. The summed E-state index contributed by atoms with van der Waals surface area (Å²) in [4.78, 5) is 8.51. The maximum Gasteiger partial charge on any atom is 0.291 e. The van der Waals surface area contributed by atoms with Crippen molar-refractivity contribution in [1.29, 1.82) is 0 Å². The molecule has 0 radical (unpaired) electrons. The Morgan fingerprint density at radius 3 is 2.68 bits per heavy atom. The van der Waals surface area contributed by atoms with E-state index in [-0.39, 0.29) is 5.95 Å². The van der Waals surface area contributed by atoms with Crippen LogP contribution in [0.15, 0.2) is 57.9 Å². The maximum atomic E-state index is 9.88. The summed E-state index contributed by atoms with van der Waals surface area (Å²) in [6.07, 6.45) is 1.53. The van der Waals surface area contributed by atoms with Crippen LogP contribution in [0.3, 0.4) is 0 Å². The summed E-state index contributed by atoms with van der Waals surface area (Å²) >= 11 is 5.86. The Labute approximate surface area is 132 Å². The molecule has 0 saturated heterocycles. The zero-order valence-corrected chi connectivity index (χ0v) is 12.6. The van der Waals surface area contributed by atoms with Gasteiger partial charge < -0.3 is 9.52 Å². The maximum absolute atomic E-state index is 9.88. The summed E-state index contributed by atoms with van der Waals surface area (Å²) in [6.45, 7) is 1.90. The van der Waals surface area contributed by atoms with Crippen LogP contribution in [0.2, 0.25) is 5.02 Å². The molecule has 0 unspecified atom stereocenters. The van der Waals surface area contributed by atoms with E-state index in [9.17, 15) is 5.11 Å². The van der Waals surface area contributed by atoms with E-state index in [1.807, 2.05) is 31.2 Å². The molecular formula is C17H13ClN2O2. The van der Waals surface area contributed by atoms with Gasteiger partial charge in [0.25, 0.3) is 5.95 Å². The van der Waals surface area contributed by atoms with E-state index in [4.69, 9.17) is 16.0 Å². The highest BCUT2D eigenvalue weighted by Gasteiger charge is 2.10. The van der Waals surface area contributed by atoms with Crippen molar-refractivity contribution < 1.29 is 9.52 Å². The number of rotatable bonds is 3. The first kappa shape index (κ1) is 14.4. The lowest BCUT2D eigenvalue weighted by atomic mass is 10.1.